The van der Waals surface area contributed by atoms with Crippen molar-refractivity contribution in [2.24, 2.45) is 5.41 Å². The van der Waals surface area contributed by atoms with Crippen LogP contribution in [0.4, 0.5) is 0 Å². The van der Waals surface area contributed by atoms with E-state index >= 15 is 0 Å². The summed E-state index contributed by atoms with van der Waals surface area (Å²) in [5.41, 5.74) is -1.34. The standard InChI is InChI=1S/C12H20O4/c1-6-12(7-9(13)15-8(12)2)16-10(14)11(3,4)5/h8H,6-7H2,1-5H3. The van der Waals surface area contributed by atoms with E-state index in [2.05, 4.69) is 0 Å². The average Bonchev–Trinajstić information content (AvgIpc) is 2.40. The first-order chi connectivity index (χ1) is 7.21. The van der Waals surface area contributed by atoms with Crippen molar-refractivity contribution in [3.8, 4) is 0 Å². The van der Waals surface area contributed by atoms with E-state index in [4.69, 9.17) is 9.47 Å². The van der Waals surface area contributed by atoms with E-state index in [-0.39, 0.29) is 24.5 Å². The average molecular weight is 228 g/mol. The molecule has 4 heteroatoms. The Labute approximate surface area is 96.3 Å². The number of hydrogen-bond acceptors (Lipinski definition) is 4. The van der Waals surface area contributed by atoms with Gasteiger partial charge in [-0.15, -0.1) is 0 Å². The number of carbonyl (C=O) groups excluding carboxylic acids is 2. The van der Waals surface area contributed by atoms with Crippen LogP contribution in [-0.4, -0.2) is 23.6 Å². The predicted octanol–water partition coefficient (Wildman–Crippen LogP) is 2.06. The Hall–Kier alpha value is -1.06. The summed E-state index contributed by atoms with van der Waals surface area (Å²) < 4.78 is 10.6. The summed E-state index contributed by atoms with van der Waals surface area (Å²) in [5.74, 6) is -0.587. The van der Waals surface area contributed by atoms with Gasteiger partial charge in [0.15, 0.2) is 5.60 Å². The fourth-order valence-corrected chi connectivity index (χ4v) is 1.68. The Balaban J connectivity index is 2.83. The van der Waals surface area contributed by atoms with Gasteiger partial charge in [-0.3, -0.25) is 9.59 Å². The molecular weight excluding hydrogens is 208 g/mol. The zero-order valence-electron chi connectivity index (χ0n) is 10.6. The van der Waals surface area contributed by atoms with Crippen molar-refractivity contribution in [3.63, 3.8) is 0 Å². The maximum atomic E-state index is 11.8. The first kappa shape index (κ1) is 13.0. The molecule has 1 rings (SSSR count). The number of ether oxygens (including phenoxy) is 2. The van der Waals surface area contributed by atoms with E-state index in [1.807, 2.05) is 6.92 Å². The molecule has 1 fully saturated rings. The first-order valence-corrected chi connectivity index (χ1v) is 5.64. The Kier molecular flexibility index (Phi) is 3.31. The fourth-order valence-electron chi connectivity index (χ4n) is 1.68. The molecule has 2 unspecified atom stereocenters. The van der Waals surface area contributed by atoms with E-state index < -0.39 is 11.0 Å². The van der Waals surface area contributed by atoms with E-state index in [1.54, 1.807) is 27.7 Å². The summed E-state index contributed by atoms with van der Waals surface area (Å²) in [4.78, 5) is 23.1. The summed E-state index contributed by atoms with van der Waals surface area (Å²) >= 11 is 0. The quantitative estimate of drug-likeness (QED) is 0.679. The third-order valence-electron chi connectivity index (χ3n) is 3.00. The Bertz CT molecular complexity index is 303. The van der Waals surface area contributed by atoms with Crippen molar-refractivity contribution in [3.05, 3.63) is 0 Å². The maximum Gasteiger partial charge on any atom is 0.311 e. The number of esters is 2. The summed E-state index contributed by atoms with van der Waals surface area (Å²) in [6.07, 6.45) is 0.380. The van der Waals surface area contributed by atoms with Crippen LogP contribution in [0, 0.1) is 5.41 Å². The molecule has 0 amide bonds. The van der Waals surface area contributed by atoms with Gasteiger partial charge in [-0.05, 0) is 34.1 Å². The van der Waals surface area contributed by atoms with Crippen molar-refractivity contribution in [1.29, 1.82) is 0 Å². The molecule has 0 N–H and O–H groups in total. The van der Waals surface area contributed by atoms with E-state index in [0.717, 1.165) is 0 Å². The monoisotopic (exact) mass is 228 g/mol. The van der Waals surface area contributed by atoms with Gasteiger partial charge in [-0.25, -0.2) is 0 Å². The highest BCUT2D eigenvalue weighted by Gasteiger charge is 2.49. The summed E-state index contributed by atoms with van der Waals surface area (Å²) in [6, 6.07) is 0. The first-order valence-electron chi connectivity index (χ1n) is 5.64. The van der Waals surface area contributed by atoms with Crippen molar-refractivity contribution >= 4 is 11.9 Å². The summed E-state index contributed by atoms with van der Waals surface area (Å²) in [6.45, 7) is 9.04. The molecule has 0 saturated carbocycles. The largest absolute Gasteiger partial charge is 0.458 e. The normalized spacial score (nSPS) is 30.1. The summed E-state index contributed by atoms with van der Waals surface area (Å²) in [5, 5.41) is 0. The van der Waals surface area contributed by atoms with Gasteiger partial charge in [0.2, 0.25) is 0 Å². The van der Waals surface area contributed by atoms with Crippen LogP contribution in [0.2, 0.25) is 0 Å². The molecule has 0 aromatic rings. The van der Waals surface area contributed by atoms with E-state index in [9.17, 15) is 9.59 Å². The number of cyclic esters (lactones) is 1. The number of carbonyl (C=O) groups is 2. The van der Waals surface area contributed by atoms with E-state index in [0.29, 0.717) is 6.42 Å². The molecular formula is C12H20O4. The minimum atomic E-state index is -0.776. The molecule has 2 atom stereocenters. The fraction of sp³-hybridized carbons (Fsp3) is 0.833. The van der Waals surface area contributed by atoms with Gasteiger partial charge >= 0.3 is 11.9 Å². The van der Waals surface area contributed by atoms with Gasteiger partial charge in [0.05, 0.1) is 11.8 Å². The topological polar surface area (TPSA) is 52.6 Å². The Morgan fingerprint density at radius 1 is 1.56 bits per heavy atom. The van der Waals surface area contributed by atoms with Crippen molar-refractivity contribution in [2.45, 2.75) is 59.2 Å². The lowest BCUT2D eigenvalue weighted by molar-refractivity contribution is -0.175. The second-order valence-electron chi connectivity index (χ2n) is 5.37. The van der Waals surface area contributed by atoms with E-state index in [1.165, 1.54) is 0 Å². The molecule has 1 saturated heterocycles. The van der Waals surface area contributed by atoms with Gasteiger partial charge in [0.1, 0.15) is 6.10 Å². The van der Waals surface area contributed by atoms with Crippen molar-refractivity contribution in [2.75, 3.05) is 0 Å². The molecule has 1 aliphatic rings. The van der Waals surface area contributed by atoms with Crippen LogP contribution < -0.4 is 0 Å². The zero-order chi connectivity index (χ0) is 12.6. The second-order valence-corrected chi connectivity index (χ2v) is 5.37. The van der Waals surface area contributed by atoms with Crippen LogP contribution >= 0.6 is 0 Å². The molecule has 0 aromatic heterocycles. The highest BCUT2D eigenvalue weighted by atomic mass is 16.6. The minimum Gasteiger partial charge on any atom is -0.458 e. The van der Waals surface area contributed by atoms with Gasteiger partial charge in [-0.1, -0.05) is 6.92 Å². The van der Waals surface area contributed by atoms with Crippen molar-refractivity contribution < 1.29 is 19.1 Å². The third kappa shape index (κ3) is 2.36. The smallest absolute Gasteiger partial charge is 0.311 e. The third-order valence-corrected chi connectivity index (χ3v) is 3.00. The van der Waals surface area contributed by atoms with Crippen LogP contribution in [0.1, 0.15) is 47.5 Å². The Morgan fingerprint density at radius 2 is 2.12 bits per heavy atom. The van der Waals surface area contributed by atoms with Gasteiger partial charge in [-0.2, -0.15) is 0 Å². The lowest BCUT2D eigenvalue weighted by Gasteiger charge is -2.32. The van der Waals surface area contributed by atoms with Crippen LogP contribution in [0.15, 0.2) is 0 Å². The lowest BCUT2D eigenvalue weighted by atomic mass is 9.91. The van der Waals surface area contributed by atoms with Crippen LogP contribution in [-0.2, 0) is 19.1 Å². The van der Waals surface area contributed by atoms with Crippen molar-refractivity contribution in [1.82, 2.24) is 0 Å². The number of rotatable bonds is 2. The molecule has 0 spiro atoms. The van der Waals surface area contributed by atoms with Crippen LogP contribution in [0.3, 0.4) is 0 Å². The van der Waals surface area contributed by atoms with Crippen LogP contribution in [0.5, 0.6) is 0 Å². The van der Waals surface area contributed by atoms with Crippen LogP contribution in [0.25, 0.3) is 0 Å². The van der Waals surface area contributed by atoms with Gasteiger partial charge < -0.3 is 9.47 Å². The molecule has 1 heterocycles. The molecule has 0 radical (unpaired) electrons. The molecule has 0 aromatic carbocycles. The molecule has 4 nitrogen and oxygen atoms in total. The summed E-state index contributed by atoms with van der Waals surface area (Å²) in [7, 11) is 0. The highest BCUT2D eigenvalue weighted by Crippen LogP contribution is 2.35. The number of hydrogen-bond donors (Lipinski definition) is 0. The Morgan fingerprint density at radius 3 is 2.44 bits per heavy atom. The molecule has 16 heavy (non-hydrogen) atoms. The SMILES string of the molecule is CCC1(OC(=O)C(C)(C)C)CC(=O)OC1C. The highest BCUT2D eigenvalue weighted by molar-refractivity contribution is 5.78. The van der Waals surface area contributed by atoms with Gasteiger partial charge in [0, 0.05) is 0 Å². The van der Waals surface area contributed by atoms with Gasteiger partial charge in [0.25, 0.3) is 0 Å². The molecule has 1 aliphatic heterocycles. The predicted molar refractivity (Wildman–Crippen MR) is 58.7 cm³/mol. The molecule has 92 valence electrons. The zero-order valence-corrected chi connectivity index (χ0v) is 10.6. The lowest BCUT2D eigenvalue weighted by Crippen LogP contribution is -2.43. The molecule has 0 aliphatic carbocycles. The maximum absolute atomic E-state index is 11.8. The second kappa shape index (κ2) is 4.07. The molecule has 0 bridgehead atoms. The minimum absolute atomic E-state index is 0.159.